The topological polar surface area (TPSA) is 12.4 Å². The maximum Gasteiger partial charge on any atom is 0.0738 e. The van der Waals surface area contributed by atoms with E-state index in [9.17, 15) is 0 Å². The number of fused-ring (bicyclic) bond motifs is 2. The third kappa shape index (κ3) is 2.61. The molecule has 4 rings (SSSR count). The van der Waals surface area contributed by atoms with Crippen LogP contribution in [0.2, 0.25) is 0 Å². The quantitative estimate of drug-likeness (QED) is 0.687. The van der Waals surface area contributed by atoms with E-state index < -0.39 is 0 Å². The summed E-state index contributed by atoms with van der Waals surface area (Å²) in [7, 11) is 0. The minimum absolute atomic E-state index is 0. The molecular weight excluding hydrogens is 331 g/mol. The molecule has 0 aromatic heterocycles. The molecule has 0 amide bonds. The van der Waals surface area contributed by atoms with Crippen LogP contribution in [-0.2, 0) is 32.7 Å². The molecule has 2 atom stereocenters. The average molecular weight is 345 g/mol. The van der Waals surface area contributed by atoms with Crippen LogP contribution in [0.15, 0.2) is 71.8 Å². The molecule has 1 heterocycles. The monoisotopic (exact) mass is 345 g/mol. The summed E-state index contributed by atoms with van der Waals surface area (Å²) in [6.07, 6.45) is 13.8. The van der Waals surface area contributed by atoms with Gasteiger partial charge in [-0.3, -0.25) is 0 Å². The Morgan fingerprint density at radius 2 is 1.71 bits per heavy atom. The van der Waals surface area contributed by atoms with Crippen LogP contribution in [0.3, 0.4) is 0 Å². The second kappa shape index (κ2) is 6.21. The smallest absolute Gasteiger partial charge is 0.0738 e. The van der Waals surface area contributed by atoms with Crippen molar-refractivity contribution in [3.8, 4) is 0 Å². The van der Waals surface area contributed by atoms with Gasteiger partial charge in [-0.1, -0.05) is 72.3 Å². The molecule has 21 heavy (non-hydrogen) atoms. The maximum absolute atomic E-state index is 4.51. The van der Waals surface area contributed by atoms with E-state index in [4.69, 9.17) is 0 Å². The van der Waals surface area contributed by atoms with Gasteiger partial charge >= 0.3 is 0 Å². The standard InChI is InChI=1S/C19H14N.Y/c1-2-8-15-14(6-1)7-5-10-16(15)17-12-13-20-19-11-4-3-9-18(17)19;/h1-11,13,18-19H;/q-1;. The van der Waals surface area contributed by atoms with Gasteiger partial charge in [0.2, 0.25) is 0 Å². The van der Waals surface area contributed by atoms with Crippen molar-refractivity contribution in [2.45, 2.75) is 6.04 Å². The fourth-order valence-corrected chi connectivity index (χ4v) is 3.01. The molecule has 0 saturated carbocycles. The van der Waals surface area contributed by atoms with E-state index in [-0.39, 0.29) is 38.8 Å². The predicted octanol–water partition coefficient (Wildman–Crippen LogP) is 4.22. The van der Waals surface area contributed by atoms with Gasteiger partial charge in [-0.15, -0.1) is 6.07 Å². The van der Waals surface area contributed by atoms with Crippen LogP contribution in [0.4, 0.5) is 0 Å². The van der Waals surface area contributed by atoms with Gasteiger partial charge in [-0.2, -0.15) is 5.56 Å². The van der Waals surface area contributed by atoms with E-state index in [0.717, 1.165) is 0 Å². The number of hydrogen-bond donors (Lipinski definition) is 0. The van der Waals surface area contributed by atoms with E-state index in [1.165, 1.54) is 21.9 Å². The summed E-state index contributed by atoms with van der Waals surface area (Å²) in [5, 5.41) is 2.56. The Morgan fingerprint density at radius 1 is 0.905 bits per heavy atom. The molecule has 0 N–H and O–H groups in total. The van der Waals surface area contributed by atoms with Gasteiger partial charge in [0.15, 0.2) is 0 Å². The number of benzene rings is 2. The molecule has 0 spiro atoms. The van der Waals surface area contributed by atoms with Crippen molar-refractivity contribution in [1.82, 2.24) is 0 Å². The number of dihydropyridines is 1. The summed E-state index contributed by atoms with van der Waals surface area (Å²) in [4.78, 5) is 4.51. The van der Waals surface area contributed by atoms with Gasteiger partial charge < -0.3 is 4.99 Å². The average Bonchev–Trinajstić information content (AvgIpc) is 2.54. The van der Waals surface area contributed by atoms with Crippen LogP contribution in [0.5, 0.6) is 0 Å². The van der Waals surface area contributed by atoms with Crippen molar-refractivity contribution >= 4 is 22.6 Å². The van der Waals surface area contributed by atoms with Crippen LogP contribution >= 0.6 is 0 Å². The summed E-state index contributed by atoms with van der Waals surface area (Å²) >= 11 is 0. The molecule has 1 aliphatic heterocycles. The van der Waals surface area contributed by atoms with Gasteiger partial charge in [0.1, 0.15) is 0 Å². The Hall–Kier alpha value is -1.31. The summed E-state index contributed by atoms with van der Waals surface area (Å²) < 4.78 is 0. The SMILES string of the molecule is [C-]1=C(c2cccc3ccccc23)C2C=CC=CC2N=C1.[Y]. The summed E-state index contributed by atoms with van der Waals surface area (Å²) in [5.41, 5.74) is 2.51. The molecule has 0 bridgehead atoms. The molecule has 2 unspecified atom stereocenters. The van der Waals surface area contributed by atoms with Gasteiger partial charge in [-0.25, -0.2) is 11.6 Å². The van der Waals surface area contributed by atoms with Crippen molar-refractivity contribution in [3.63, 3.8) is 0 Å². The molecule has 2 aliphatic rings. The van der Waals surface area contributed by atoms with Crippen molar-refractivity contribution in [2.75, 3.05) is 0 Å². The van der Waals surface area contributed by atoms with Crippen molar-refractivity contribution in [1.29, 1.82) is 0 Å². The minimum Gasteiger partial charge on any atom is -0.305 e. The van der Waals surface area contributed by atoms with Gasteiger partial charge in [0.25, 0.3) is 0 Å². The second-order valence-corrected chi connectivity index (χ2v) is 5.15. The van der Waals surface area contributed by atoms with Gasteiger partial charge in [0, 0.05) is 32.7 Å². The molecule has 2 heteroatoms. The van der Waals surface area contributed by atoms with Crippen LogP contribution in [0, 0.1) is 12.0 Å². The zero-order valence-corrected chi connectivity index (χ0v) is 14.4. The van der Waals surface area contributed by atoms with E-state index in [1.807, 2.05) is 6.21 Å². The Kier molecular flexibility index (Phi) is 4.33. The van der Waals surface area contributed by atoms with Crippen molar-refractivity contribution in [3.05, 3.63) is 78.4 Å². The van der Waals surface area contributed by atoms with E-state index in [1.54, 1.807) is 0 Å². The largest absolute Gasteiger partial charge is 0.305 e. The van der Waals surface area contributed by atoms with E-state index in [0.29, 0.717) is 5.92 Å². The maximum atomic E-state index is 4.51. The zero-order chi connectivity index (χ0) is 13.4. The molecule has 0 saturated heterocycles. The molecule has 1 nitrogen and oxygen atoms in total. The predicted molar refractivity (Wildman–Crippen MR) is 84.6 cm³/mol. The fourth-order valence-electron chi connectivity index (χ4n) is 3.01. The first-order valence-electron chi connectivity index (χ1n) is 6.92. The summed E-state index contributed by atoms with van der Waals surface area (Å²) in [6.45, 7) is 0. The number of nitrogens with zero attached hydrogens (tertiary/aromatic N) is 1. The molecule has 1 aliphatic carbocycles. The normalized spacial score (nSPS) is 22.6. The number of rotatable bonds is 1. The first-order chi connectivity index (χ1) is 9.93. The molecule has 0 fully saturated rings. The Morgan fingerprint density at radius 3 is 2.67 bits per heavy atom. The van der Waals surface area contributed by atoms with Crippen LogP contribution in [0.1, 0.15) is 5.56 Å². The zero-order valence-electron chi connectivity index (χ0n) is 11.6. The third-order valence-electron chi connectivity index (χ3n) is 3.99. The molecule has 99 valence electrons. The Labute approximate surface area is 150 Å². The summed E-state index contributed by atoms with van der Waals surface area (Å²) in [5.74, 6) is 0.302. The number of aliphatic imine (C=N–C) groups is 1. The van der Waals surface area contributed by atoms with Gasteiger partial charge in [-0.05, 0) is 11.3 Å². The molecular formula is C19H14NY-. The van der Waals surface area contributed by atoms with Crippen molar-refractivity contribution < 1.29 is 32.7 Å². The third-order valence-corrected chi connectivity index (χ3v) is 3.99. The summed E-state index contributed by atoms with van der Waals surface area (Å²) in [6, 6.07) is 15.2. The number of allylic oxidation sites excluding steroid dienone is 3. The van der Waals surface area contributed by atoms with Crippen LogP contribution < -0.4 is 0 Å². The van der Waals surface area contributed by atoms with E-state index in [2.05, 4.69) is 77.8 Å². The molecule has 1 radical (unpaired) electrons. The Balaban J connectivity index is 0.00000132. The van der Waals surface area contributed by atoms with Gasteiger partial charge in [0.05, 0.1) is 6.04 Å². The fraction of sp³-hybridized carbons (Fsp3) is 0.105. The van der Waals surface area contributed by atoms with Crippen LogP contribution in [-0.4, -0.2) is 12.3 Å². The first kappa shape index (κ1) is 14.6. The first-order valence-corrected chi connectivity index (χ1v) is 6.92. The second-order valence-electron chi connectivity index (χ2n) is 5.15. The molecule has 2 aromatic carbocycles. The van der Waals surface area contributed by atoms with Crippen molar-refractivity contribution in [2.24, 2.45) is 10.9 Å². The van der Waals surface area contributed by atoms with Crippen LogP contribution in [0.25, 0.3) is 16.3 Å². The Bertz CT molecular complexity index is 778. The number of hydrogen-bond acceptors (Lipinski definition) is 1. The molecule has 2 aromatic rings. The van der Waals surface area contributed by atoms with E-state index >= 15 is 0 Å². The minimum atomic E-state index is 0.